The molecule has 1 aromatic carbocycles. The lowest BCUT2D eigenvalue weighted by Gasteiger charge is -2.27. The summed E-state index contributed by atoms with van der Waals surface area (Å²) in [5.74, 6) is -0.304. The standard InChI is InChI=1S/C19H16ClFN6O/c1-27-17(28)19(25-18(27)22,12-2-4-23-15(9-12)10-21)13-6-11(7-14(20)8-13)16-3-5-24-26-16/h2-9H,10H2,1H3,(H2,22,25)(H,24,26). The highest BCUT2D eigenvalue weighted by atomic mass is 35.5. The Morgan fingerprint density at radius 3 is 2.71 bits per heavy atom. The molecule has 2 aromatic heterocycles. The Balaban J connectivity index is 1.99. The second kappa shape index (κ2) is 6.72. The molecule has 7 nitrogen and oxygen atoms in total. The van der Waals surface area contributed by atoms with Gasteiger partial charge in [0, 0.05) is 30.0 Å². The van der Waals surface area contributed by atoms with Crippen LogP contribution in [0.2, 0.25) is 5.02 Å². The molecule has 3 heterocycles. The van der Waals surface area contributed by atoms with Crippen molar-refractivity contribution in [1.82, 2.24) is 20.1 Å². The van der Waals surface area contributed by atoms with Gasteiger partial charge in [0.1, 0.15) is 6.67 Å². The van der Waals surface area contributed by atoms with Crippen molar-refractivity contribution in [2.75, 3.05) is 7.05 Å². The Kier molecular flexibility index (Phi) is 4.35. The summed E-state index contributed by atoms with van der Waals surface area (Å²) in [7, 11) is 1.54. The number of nitrogens with two attached hydrogens (primary N) is 1. The lowest BCUT2D eigenvalue weighted by molar-refractivity contribution is -0.129. The van der Waals surface area contributed by atoms with Gasteiger partial charge in [-0.2, -0.15) is 5.10 Å². The van der Waals surface area contributed by atoms with Gasteiger partial charge in [0.25, 0.3) is 5.91 Å². The number of halogens is 2. The molecular weight excluding hydrogens is 383 g/mol. The molecule has 9 heteroatoms. The molecule has 0 saturated heterocycles. The van der Waals surface area contributed by atoms with Gasteiger partial charge in [0.2, 0.25) is 0 Å². The van der Waals surface area contributed by atoms with Crippen molar-refractivity contribution in [3.63, 3.8) is 0 Å². The van der Waals surface area contributed by atoms with Crippen molar-refractivity contribution < 1.29 is 9.18 Å². The van der Waals surface area contributed by atoms with E-state index in [4.69, 9.17) is 17.3 Å². The predicted octanol–water partition coefficient (Wildman–Crippen LogP) is 2.62. The lowest BCUT2D eigenvalue weighted by atomic mass is 9.82. The zero-order valence-corrected chi connectivity index (χ0v) is 15.6. The predicted molar refractivity (Wildman–Crippen MR) is 103 cm³/mol. The third-order valence-corrected chi connectivity index (χ3v) is 4.94. The fourth-order valence-corrected chi connectivity index (χ4v) is 3.56. The van der Waals surface area contributed by atoms with Gasteiger partial charge in [-0.05, 0) is 47.5 Å². The number of nitrogens with one attached hydrogen (secondary N) is 1. The van der Waals surface area contributed by atoms with E-state index in [1.54, 1.807) is 43.6 Å². The van der Waals surface area contributed by atoms with Gasteiger partial charge in [0.15, 0.2) is 11.5 Å². The average molecular weight is 399 g/mol. The minimum atomic E-state index is -1.48. The Morgan fingerprint density at radius 1 is 1.25 bits per heavy atom. The number of pyridine rings is 1. The lowest BCUT2D eigenvalue weighted by Crippen LogP contribution is -2.41. The van der Waals surface area contributed by atoms with Crippen molar-refractivity contribution >= 4 is 23.5 Å². The number of aromatic nitrogens is 3. The van der Waals surface area contributed by atoms with Crippen LogP contribution in [-0.2, 0) is 17.0 Å². The molecule has 1 aliphatic heterocycles. The summed E-state index contributed by atoms with van der Waals surface area (Å²) in [6.45, 7) is -0.763. The number of likely N-dealkylation sites (N-methyl/N-ethyl adjacent to an activating group) is 1. The summed E-state index contributed by atoms with van der Waals surface area (Å²) in [4.78, 5) is 23.0. The van der Waals surface area contributed by atoms with E-state index in [0.29, 0.717) is 27.4 Å². The van der Waals surface area contributed by atoms with E-state index >= 15 is 0 Å². The number of nitrogens with zero attached hydrogens (tertiary/aromatic N) is 4. The SMILES string of the molecule is CN1C(=O)C(c2cc(Cl)cc(-c3cc[nH]n3)c2)(c2ccnc(CF)c2)N=C1N. The van der Waals surface area contributed by atoms with Crippen molar-refractivity contribution in [3.8, 4) is 11.3 Å². The number of H-pyrrole nitrogens is 1. The van der Waals surface area contributed by atoms with Crippen LogP contribution in [0.25, 0.3) is 11.3 Å². The molecule has 1 aliphatic rings. The van der Waals surface area contributed by atoms with E-state index in [2.05, 4.69) is 20.2 Å². The maximum Gasteiger partial charge on any atom is 0.266 e. The maximum absolute atomic E-state index is 13.3. The first-order chi connectivity index (χ1) is 13.5. The molecule has 0 fully saturated rings. The van der Waals surface area contributed by atoms with Gasteiger partial charge in [0.05, 0.1) is 11.4 Å². The summed E-state index contributed by atoms with van der Waals surface area (Å²) in [5.41, 5.74) is 7.02. The van der Waals surface area contributed by atoms with Gasteiger partial charge < -0.3 is 5.73 Å². The molecule has 0 spiro atoms. The van der Waals surface area contributed by atoms with Crippen molar-refractivity contribution in [1.29, 1.82) is 0 Å². The quantitative estimate of drug-likeness (QED) is 0.705. The van der Waals surface area contributed by atoms with Gasteiger partial charge in [-0.15, -0.1) is 0 Å². The van der Waals surface area contributed by atoms with E-state index in [0.717, 1.165) is 0 Å². The van der Waals surface area contributed by atoms with Crippen LogP contribution in [-0.4, -0.2) is 39.0 Å². The van der Waals surface area contributed by atoms with Crippen molar-refractivity contribution in [2.24, 2.45) is 10.7 Å². The van der Waals surface area contributed by atoms with E-state index in [-0.39, 0.29) is 17.6 Å². The first-order valence-corrected chi connectivity index (χ1v) is 8.79. The molecule has 142 valence electrons. The maximum atomic E-state index is 13.3. The second-order valence-corrected chi connectivity index (χ2v) is 6.84. The third-order valence-electron chi connectivity index (χ3n) is 4.72. The van der Waals surface area contributed by atoms with Crippen LogP contribution in [0.3, 0.4) is 0 Å². The molecule has 0 bridgehead atoms. The summed E-state index contributed by atoms with van der Waals surface area (Å²) in [6.07, 6.45) is 3.13. The van der Waals surface area contributed by atoms with Crippen LogP contribution >= 0.6 is 11.6 Å². The van der Waals surface area contributed by atoms with E-state index < -0.39 is 12.2 Å². The smallest absolute Gasteiger partial charge is 0.266 e. The number of carbonyl (C=O) groups is 1. The van der Waals surface area contributed by atoms with Gasteiger partial charge >= 0.3 is 0 Å². The van der Waals surface area contributed by atoms with Gasteiger partial charge in [-0.3, -0.25) is 19.8 Å². The molecule has 0 aliphatic carbocycles. The molecule has 0 radical (unpaired) electrons. The summed E-state index contributed by atoms with van der Waals surface area (Å²) >= 11 is 6.36. The number of hydrogen-bond acceptors (Lipinski definition) is 5. The molecule has 3 N–H and O–H groups in total. The van der Waals surface area contributed by atoms with Crippen LogP contribution in [0.15, 0.2) is 53.8 Å². The Hall–Kier alpha value is -3.26. The average Bonchev–Trinajstić information content (AvgIpc) is 3.32. The number of aromatic amines is 1. The van der Waals surface area contributed by atoms with Gasteiger partial charge in [-0.1, -0.05) is 11.6 Å². The van der Waals surface area contributed by atoms with Gasteiger partial charge in [-0.25, -0.2) is 9.38 Å². The number of rotatable bonds is 4. The first kappa shape index (κ1) is 18.1. The molecular formula is C19H16ClFN6O. The molecule has 1 unspecified atom stereocenters. The molecule has 4 rings (SSSR count). The fourth-order valence-electron chi connectivity index (χ4n) is 3.33. The fraction of sp³-hybridized carbons (Fsp3) is 0.158. The van der Waals surface area contributed by atoms with Crippen LogP contribution in [0.5, 0.6) is 0 Å². The summed E-state index contributed by atoms with van der Waals surface area (Å²) in [6, 6.07) is 10.1. The molecule has 28 heavy (non-hydrogen) atoms. The number of carbonyl (C=O) groups excluding carboxylic acids is 1. The van der Waals surface area contributed by atoms with Crippen LogP contribution in [0.1, 0.15) is 16.8 Å². The van der Waals surface area contributed by atoms with E-state index in [1.165, 1.54) is 17.2 Å². The highest BCUT2D eigenvalue weighted by molar-refractivity contribution is 6.31. The normalized spacial score (nSPS) is 19.2. The molecule has 0 saturated carbocycles. The second-order valence-electron chi connectivity index (χ2n) is 6.40. The minimum absolute atomic E-state index is 0.0601. The highest BCUT2D eigenvalue weighted by Gasteiger charge is 2.50. The summed E-state index contributed by atoms with van der Waals surface area (Å²) < 4.78 is 13.2. The molecule has 1 atom stereocenters. The number of hydrogen-bond donors (Lipinski definition) is 2. The van der Waals surface area contributed by atoms with Crippen LogP contribution in [0.4, 0.5) is 4.39 Å². The number of benzene rings is 1. The number of aliphatic imine (C=N–C) groups is 1. The van der Waals surface area contributed by atoms with Crippen LogP contribution < -0.4 is 5.73 Å². The van der Waals surface area contributed by atoms with Crippen molar-refractivity contribution in [3.05, 3.63) is 70.6 Å². The number of guanidine groups is 1. The minimum Gasteiger partial charge on any atom is -0.369 e. The van der Waals surface area contributed by atoms with E-state index in [1.807, 2.05) is 0 Å². The number of alkyl halides is 1. The molecule has 1 amide bonds. The highest BCUT2D eigenvalue weighted by Crippen LogP contribution is 2.41. The third kappa shape index (κ3) is 2.73. The zero-order chi connectivity index (χ0) is 19.9. The monoisotopic (exact) mass is 398 g/mol. The Labute approximate surface area is 165 Å². The first-order valence-electron chi connectivity index (χ1n) is 8.42. The Morgan fingerprint density at radius 2 is 2.07 bits per heavy atom. The zero-order valence-electron chi connectivity index (χ0n) is 14.9. The largest absolute Gasteiger partial charge is 0.369 e. The van der Waals surface area contributed by atoms with Crippen molar-refractivity contribution in [2.45, 2.75) is 12.2 Å². The van der Waals surface area contributed by atoms with E-state index in [9.17, 15) is 9.18 Å². The molecule has 3 aromatic rings. The number of amides is 1. The topological polar surface area (TPSA) is 100 Å². The van der Waals surface area contributed by atoms with Crippen LogP contribution in [0, 0.1) is 0 Å². The Bertz CT molecular complexity index is 1080. The summed E-state index contributed by atoms with van der Waals surface area (Å²) in [5, 5.41) is 7.33.